The van der Waals surface area contributed by atoms with E-state index in [0.29, 0.717) is 22.5 Å². The molecule has 2 rings (SSSR count). The van der Waals surface area contributed by atoms with Gasteiger partial charge in [0, 0.05) is 16.8 Å². The lowest BCUT2D eigenvalue weighted by Gasteiger charge is -2.51. The second-order valence-electron chi connectivity index (χ2n) is 4.67. The summed E-state index contributed by atoms with van der Waals surface area (Å²) in [7, 11) is 0. The number of alkyl halides is 1. The van der Waals surface area contributed by atoms with E-state index in [9.17, 15) is 0 Å². The largest absolute Gasteiger partial charge is 0.379 e. The van der Waals surface area contributed by atoms with Gasteiger partial charge in [-0.25, -0.2) is 0 Å². The summed E-state index contributed by atoms with van der Waals surface area (Å²) in [6.45, 7) is 6.23. The number of hydrogen-bond acceptors (Lipinski definition) is 2. The Labute approximate surface area is 94.5 Å². The third-order valence-corrected chi connectivity index (χ3v) is 5.30. The smallest absolute Gasteiger partial charge is 0.0834 e. The molecule has 2 aliphatic rings. The van der Waals surface area contributed by atoms with Crippen LogP contribution in [0.2, 0.25) is 0 Å². The quantitative estimate of drug-likeness (QED) is 0.729. The normalized spacial score (nSPS) is 47.8. The molecule has 3 heteroatoms. The van der Waals surface area contributed by atoms with E-state index >= 15 is 0 Å². The molecule has 1 saturated carbocycles. The highest BCUT2D eigenvalue weighted by Crippen LogP contribution is 2.50. The van der Waals surface area contributed by atoms with Gasteiger partial charge in [-0.15, -0.1) is 0 Å². The molecule has 4 unspecified atom stereocenters. The van der Waals surface area contributed by atoms with Gasteiger partial charge in [0.2, 0.25) is 0 Å². The van der Waals surface area contributed by atoms with Crippen LogP contribution in [0.4, 0.5) is 0 Å². The molecular formula is C11H19BrO2. The zero-order chi connectivity index (χ0) is 10.2. The standard InChI is InChI=1S/C11H19BrO2/c1-3-11(2)9(12)6-10(11)14-8-4-5-13-7-8/h8-10H,3-7H2,1-2H3. The van der Waals surface area contributed by atoms with Gasteiger partial charge < -0.3 is 9.47 Å². The molecule has 0 aromatic heterocycles. The summed E-state index contributed by atoms with van der Waals surface area (Å²) < 4.78 is 11.4. The summed E-state index contributed by atoms with van der Waals surface area (Å²) in [5.74, 6) is 0. The fraction of sp³-hybridized carbons (Fsp3) is 1.00. The second-order valence-corrected chi connectivity index (χ2v) is 5.78. The molecule has 0 amide bonds. The summed E-state index contributed by atoms with van der Waals surface area (Å²) in [5, 5.41) is 0. The van der Waals surface area contributed by atoms with Crippen molar-refractivity contribution in [2.24, 2.45) is 5.41 Å². The Bertz CT molecular complexity index is 203. The molecule has 2 nitrogen and oxygen atoms in total. The van der Waals surface area contributed by atoms with Crippen molar-refractivity contribution < 1.29 is 9.47 Å². The molecule has 0 aromatic carbocycles. The van der Waals surface area contributed by atoms with Crippen molar-refractivity contribution >= 4 is 15.9 Å². The van der Waals surface area contributed by atoms with Crippen LogP contribution in [-0.2, 0) is 9.47 Å². The van der Waals surface area contributed by atoms with E-state index < -0.39 is 0 Å². The maximum atomic E-state index is 6.07. The van der Waals surface area contributed by atoms with Crippen LogP contribution in [0.15, 0.2) is 0 Å². The molecule has 4 atom stereocenters. The third kappa shape index (κ3) is 1.74. The Morgan fingerprint density at radius 1 is 1.57 bits per heavy atom. The molecule has 0 radical (unpaired) electrons. The van der Waals surface area contributed by atoms with Gasteiger partial charge in [-0.05, 0) is 19.3 Å². The molecule has 0 bridgehead atoms. The van der Waals surface area contributed by atoms with Gasteiger partial charge in [-0.1, -0.05) is 29.8 Å². The molecule has 1 aliphatic heterocycles. The molecule has 0 spiro atoms. The number of hydrogen-bond donors (Lipinski definition) is 0. The highest BCUT2D eigenvalue weighted by molar-refractivity contribution is 9.09. The van der Waals surface area contributed by atoms with E-state index in [1.54, 1.807) is 0 Å². The predicted molar refractivity (Wildman–Crippen MR) is 59.8 cm³/mol. The molecule has 1 aliphatic carbocycles. The monoisotopic (exact) mass is 262 g/mol. The van der Waals surface area contributed by atoms with Crippen molar-refractivity contribution in [1.82, 2.24) is 0 Å². The Kier molecular flexibility index (Phi) is 3.20. The summed E-state index contributed by atoms with van der Waals surface area (Å²) >= 11 is 3.72. The summed E-state index contributed by atoms with van der Waals surface area (Å²) in [5.41, 5.74) is 0.336. The number of ether oxygens (including phenoxy) is 2. The van der Waals surface area contributed by atoms with Crippen molar-refractivity contribution in [3.63, 3.8) is 0 Å². The molecule has 1 heterocycles. The van der Waals surface area contributed by atoms with Gasteiger partial charge in [0.25, 0.3) is 0 Å². The average Bonchev–Trinajstić information content (AvgIpc) is 2.69. The SMILES string of the molecule is CCC1(C)C(Br)CC1OC1CCOC1. The lowest BCUT2D eigenvalue weighted by atomic mass is 9.65. The van der Waals surface area contributed by atoms with E-state index in [0.717, 1.165) is 26.1 Å². The molecular weight excluding hydrogens is 244 g/mol. The summed E-state index contributed by atoms with van der Waals surface area (Å²) in [4.78, 5) is 0.632. The maximum absolute atomic E-state index is 6.07. The first-order valence-corrected chi connectivity index (χ1v) is 6.45. The molecule has 2 fully saturated rings. The van der Waals surface area contributed by atoms with Crippen molar-refractivity contribution in [1.29, 1.82) is 0 Å². The average molecular weight is 263 g/mol. The van der Waals surface area contributed by atoms with E-state index in [2.05, 4.69) is 29.8 Å². The minimum Gasteiger partial charge on any atom is -0.379 e. The first-order chi connectivity index (χ1) is 6.66. The van der Waals surface area contributed by atoms with Crippen LogP contribution in [0, 0.1) is 5.41 Å². The minimum absolute atomic E-state index is 0.336. The van der Waals surface area contributed by atoms with Crippen molar-refractivity contribution in [3.8, 4) is 0 Å². The van der Waals surface area contributed by atoms with Crippen LogP contribution in [-0.4, -0.2) is 30.2 Å². The zero-order valence-electron chi connectivity index (χ0n) is 8.96. The molecule has 82 valence electrons. The van der Waals surface area contributed by atoms with Crippen LogP contribution < -0.4 is 0 Å². The van der Waals surface area contributed by atoms with Crippen molar-refractivity contribution in [2.75, 3.05) is 13.2 Å². The lowest BCUT2D eigenvalue weighted by molar-refractivity contribution is -0.129. The Morgan fingerprint density at radius 3 is 2.86 bits per heavy atom. The van der Waals surface area contributed by atoms with E-state index in [-0.39, 0.29) is 0 Å². The highest BCUT2D eigenvalue weighted by atomic mass is 79.9. The summed E-state index contributed by atoms with van der Waals surface area (Å²) in [6, 6.07) is 0. The first kappa shape index (κ1) is 10.9. The van der Waals surface area contributed by atoms with Crippen LogP contribution in [0.1, 0.15) is 33.1 Å². The Morgan fingerprint density at radius 2 is 2.36 bits per heavy atom. The molecule has 1 saturated heterocycles. The Balaban J connectivity index is 1.87. The number of halogens is 1. The van der Waals surface area contributed by atoms with Gasteiger partial charge in [0.15, 0.2) is 0 Å². The van der Waals surface area contributed by atoms with Crippen LogP contribution in [0.25, 0.3) is 0 Å². The minimum atomic E-state index is 0.336. The van der Waals surface area contributed by atoms with Gasteiger partial charge in [-0.3, -0.25) is 0 Å². The van der Waals surface area contributed by atoms with Gasteiger partial charge in [0.1, 0.15) is 0 Å². The van der Waals surface area contributed by atoms with Crippen LogP contribution in [0.5, 0.6) is 0 Å². The lowest BCUT2D eigenvalue weighted by Crippen LogP contribution is -2.54. The summed E-state index contributed by atoms with van der Waals surface area (Å²) in [6.07, 6.45) is 4.19. The van der Waals surface area contributed by atoms with E-state index in [4.69, 9.17) is 9.47 Å². The predicted octanol–water partition coefficient (Wildman–Crippen LogP) is 2.74. The highest BCUT2D eigenvalue weighted by Gasteiger charge is 2.50. The fourth-order valence-electron chi connectivity index (χ4n) is 2.28. The molecule has 0 aromatic rings. The molecule has 14 heavy (non-hydrogen) atoms. The van der Waals surface area contributed by atoms with Gasteiger partial charge >= 0.3 is 0 Å². The van der Waals surface area contributed by atoms with Crippen LogP contribution >= 0.6 is 15.9 Å². The zero-order valence-corrected chi connectivity index (χ0v) is 10.5. The topological polar surface area (TPSA) is 18.5 Å². The van der Waals surface area contributed by atoms with Gasteiger partial charge in [-0.2, -0.15) is 0 Å². The van der Waals surface area contributed by atoms with Crippen molar-refractivity contribution in [3.05, 3.63) is 0 Å². The molecule has 0 N–H and O–H groups in total. The number of rotatable bonds is 3. The van der Waals surface area contributed by atoms with Gasteiger partial charge in [0.05, 0.1) is 18.8 Å². The van der Waals surface area contributed by atoms with E-state index in [1.807, 2.05) is 0 Å². The fourth-order valence-corrected chi connectivity index (χ4v) is 3.24. The third-order valence-electron chi connectivity index (χ3n) is 3.88. The maximum Gasteiger partial charge on any atom is 0.0834 e. The van der Waals surface area contributed by atoms with Crippen LogP contribution in [0.3, 0.4) is 0 Å². The Hall–Kier alpha value is 0.400. The van der Waals surface area contributed by atoms with E-state index in [1.165, 1.54) is 6.42 Å². The second kappa shape index (κ2) is 4.11. The van der Waals surface area contributed by atoms with Crippen molar-refractivity contribution in [2.45, 2.75) is 50.1 Å². The first-order valence-electron chi connectivity index (χ1n) is 5.54.